The minimum absolute atomic E-state index is 0.119. The molecule has 1 heterocycles. The van der Waals surface area contributed by atoms with E-state index in [4.69, 9.17) is 4.74 Å². The summed E-state index contributed by atoms with van der Waals surface area (Å²) in [5, 5.41) is 2.86. The van der Waals surface area contributed by atoms with Gasteiger partial charge in [0.15, 0.2) is 6.10 Å². The lowest BCUT2D eigenvalue weighted by molar-refractivity contribution is -0.133. The lowest BCUT2D eigenvalue weighted by atomic mass is 9.87. The first-order valence-corrected chi connectivity index (χ1v) is 10.5. The first-order chi connectivity index (χ1) is 14.0. The minimum atomic E-state index is -0.577. The molecule has 2 amide bonds. The van der Waals surface area contributed by atoms with Crippen LogP contribution in [-0.4, -0.2) is 35.9 Å². The number of benzene rings is 2. The smallest absolute Gasteiger partial charge is 0.260 e. The van der Waals surface area contributed by atoms with E-state index in [1.807, 2.05) is 49.1 Å². The Balaban J connectivity index is 1.92. The van der Waals surface area contributed by atoms with Crippen LogP contribution in [0, 0.1) is 0 Å². The number of ether oxygens (including phenoxy) is 1. The van der Waals surface area contributed by atoms with Crippen LogP contribution in [0.1, 0.15) is 56.3 Å². The SMILES string of the molecule is CCCNC(=O)C(C)Oc1ccc2c(c1)C(c1ccccc1)N(C(=O)CC)CC2. The van der Waals surface area contributed by atoms with Gasteiger partial charge in [0, 0.05) is 19.5 Å². The van der Waals surface area contributed by atoms with Crippen molar-refractivity contribution in [3.63, 3.8) is 0 Å². The van der Waals surface area contributed by atoms with Crippen molar-refractivity contribution in [2.24, 2.45) is 0 Å². The number of hydrogen-bond acceptors (Lipinski definition) is 3. The molecule has 1 aliphatic heterocycles. The van der Waals surface area contributed by atoms with Crippen LogP contribution in [0.25, 0.3) is 0 Å². The third kappa shape index (κ3) is 4.78. The van der Waals surface area contributed by atoms with E-state index in [-0.39, 0.29) is 17.9 Å². The molecular formula is C24H30N2O3. The summed E-state index contributed by atoms with van der Waals surface area (Å²) in [4.78, 5) is 26.8. The molecule has 154 valence electrons. The molecule has 0 fully saturated rings. The molecule has 29 heavy (non-hydrogen) atoms. The Hall–Kier alpha value is -2.82. The Morgan fingerprint density at radius 1 is 1.17 bits per heavy atom. The molecule has 1 N–H and O–H groups in total. The van der Waals surface area contributed by atoms with Gasteiger partial charge in [0.25, 0.3) is 5.91 Å². The molecule has 2 atom stereocenters. The highest BCUT2D eigenvalue weighted by Crippen LogP contribution is 2.37. The van der Waals surface area contributed by atoms with Crippen LogP contribution < -0.4 is 10.1 Å². The zero-order valence-electron chi connectivity index (χ0n) is 17.5. The number of rotatable bonds is 7. The highest BCUT2D eigenvalue weighted by atomic mass is 16.5. The molecule has 0 saturated heterocycles. The van der Waals surface area contributed by atoms with Crippen molar-refractivity contribution < 1.29 is 14.3 Å². The zero-order valence-corrected chi connectivity index (χ0v) is 17.5. The second-order valence-corrected chi connectivity index (χ2v) is 7.42. The van der Waals surface area contributed by atoms with Crippen molar-refractivity contribution >= 4 is 11.8 Å². The molecule has 2 unspecified atom stereocenters. The molecule has 0 aromatic heterocycles. The summed E-state index contributed by atoms with van der Waals surface area (Å²) >= 11 is 0. The van der Waals surface area contributed by atoms with E-state index in [1.165, 1.54) is 5.56 Å². The standard InChI is InChI=1S/C24H30N2O3/c1-4-14-25-24(28)17(3)29-20-12-11-18-13-15-26(22(27)5-2)23(21(18)16-20)19-9-7-6-8-10-19/h6-12,16-17,23H,4-5,13-15H2,1-3H3,(H,25,28). The number of carbonyl (C=O) groups is 2. The van der Waals surface area contributed by atoms with E-state index in [0.717, 1.165) is 24.0 Å². The van der Waals surface area contributed by atoms with Crippen molar-refractivity contribution in [2.75, 3.05) is 13.1 Å². The van der Waals surface area contributed by atoms with Crippen LogP contribution >= 0.6 is 0 Å². The lowest BCUT2D eigenvalue weighted by Gasteiger charge is -2.38. The molecule has 2 aromatic rings. The maximum absolute atomic E-state index is 12.7. The van der Waals surface area contributed by atoms with Gasteiger partial charge in [-0.05, 0) is 48.6 Å². The van der Waals surface area contributed by atoms with Gasteiger partial charge in [-0.2, -0.15) is 0 Å². The molecule has 5 nitrogen and oxygen atoms in total. The van der Waals surface area contributed by atoms with Crippen LogP contribution in [-0.2, 0) is 16.0 Å². The molecule has 0 bridgehead atoms. The van der Waals surface area contributed by atoms with Crippen molar-refractivity contribution in [1.29, 1.82) is 0 Å². The molecule has 0 saturated carbocycles. The normalized spacial score (nSPS) is 16.7. The van der Waals surface area contributed by atoms with Gasteiger partial charge < -0.3 is 15.0 Å². The van der Waals surface area contributed by atoms with E-state index in [2.05, 4.69) is 23.5 Å². The van der Waals surface area contributed by atoms with Crippen molar-refractivity contribution in [3.05, 3.63) is 65.2 Å². The molecule has 0 spiro atoms. The van der Waals surface area contributed by atoms with Gasteiger partial charge in [0.1, 0.15) is 5.75 Å². The van der Waals surface area contributed by atoms with Gasteiger partial charge >= 0.3 is 0 Å². The summed E-state index contributed by atoms with van der Waals surface area (Å²) in [7, 11) is 0. The fraction of sp³-hybridized carbons (Fsp3) is 0.417. The van der Waals surface area contributed by atoms with Crippen LogP contribution in [0.15, 0.2) is 48.5 Å². The van der Waals surface area contributed by atoms with E-state index in [0.29, 0.717) is 25.3 Å². The number of fused-ring (bicyclic) bond motifs is 1. The summed E-state index contributed by atoms with van der Waals surface area (Å²) in [6.45, 7) is 7.01. The zero-order chi connectivity index (χ0) is 20.8. The van der Waals surface area contributed by atoms with Crippen LogP contribution in [0.5, 0.6) is 5.75 Å². The number of carbonyl (C=O) groups excluding carboxylic acids is 2. The third-order valence-electron chi connectivity index (χ3n) is 5.32. The molecule has 5 heteroatoms. The summed E-state index contributed by atoms with van der Waals surface area (Å²) < 4.78 is 5.93. The average molecular weight is 395 g/mol. The number of nitrogens with zero attached hydrogens (tertiary/aromatic N) is 1. The summed E-state index contributed by atoms with van der Waals surface area (Å²) in [6, 6.07) is 15.9. The van der Waals surface area contributed by atoms with Crippen molar-refractivity contribution in [1.82, 2.24) is 10.2 Å². The van der Waals surface area contributed by atoms with Gasteiger partial charge in [0.05, 0.1) is 6.04 Å². The van der Waals surface area contributed by atoms with Crippen LogP contribution in [0.4, 0.5) is 0 Å². The molecule has 0 aliphatic carbocycles. The first kappa shape index (κ1) is 20.9. The topological polar surface area (TPSA) is 58.6 Å². The Bertz CT molecular complexity index is 850. The summed E-state index contributed by atoms with van der Waals surface area (Å²) in [6.07, 6.45) is 1.60. The minimum Gasteiger partial charge on any atom is -0.481 e. The molecular weight excluding hydrogens is 364 g/mol. The van der Waals surface area contributed by atoms with Gasteiger partial charge in [-0.15, -0.1) is 0 Å². The van der Waals surface area contributed by atoms with Crippen molar-refractivity contribution in [2.45, 2.75) is 52.2 Å². The maximum Gasteiger partial charge on any atom is 0.260 e. The Kier molecular flexibility index (Phi) is 6.91. The fourth-order valence-corrected chi connectivity index (χ4v) is 3.78. The fourth-order valence-electron chi connectivity index (χ4n) is 3.78. The lowest BCUT2D eigenvalue weighted by Crippen LogP contribution is -2.40. The van der Waals surface area contributed by atoms with Gasteiger partial charge in [0.2, 0.25) is 5.91 Å². The van der Waals surface area contributed by atoms with Crippen molar-refractivity contribution in [3.8, 4) is 5.75 Å². The molecule has 1 aliphatic rings. The first-order valence-electron chi connectivity index (χ1n) is 10.5. The van der Waals surface area contributed by atoms with Crippen LogP contribution in [0.3, 0.4) is 0 Å². The predicted molar refractivity (Wildman–Crippen MR) is 114 cm³/mol. The highest BCUT2D eigenvalue weighted by molar-refractivity contribution is 5.80. The highest BCUT2D eigenvalue weighted by Gasteiger charge is 2.31. The second kappa shape index (κ2) is 9.59. The Morgan fingerprint density at radius 2 is 1.93 bits per heavy atom. The summed E-state index contributed by atoms with van der Waals surface area (Å²) in [5.74, 6) is 0.671. The average Bonchev–Trinajstić information content (AvgIpc) is 2.76. The largest absolute Gasteiger partial charge is 0.481 e. The third-order valence-corrected chi connectivity index (χ3v) is 5.32. The number of amides is 2. The number of hydrogen-bond donors (Lipinski definition) is 1. The van der Waals surface area contributed by atoms with E-state index in [9.17, 15) is 9.59 Å². The molecule has 2 aromatic carbocycles. The van der Waals surface area contributed by atoms with Gasteiger partial charge in [-0.1, -0.05) is 50.2 Å². The van der Waals surface area contributed by atoms with Gasteiger partial charge in [-0.3, -0.25) is 9.59 Å². The van der Waals surface area contributed by atoms with E-state index >= 15 is 0 Å². The molecule has 0 radical (unpaired) electrons. The quantitative estimate of drug-likeness (QED) is 0.776. The van der Waals surface area contributed by atoms with Gasteiger partial charge in [-0.25, -0.2) is 0 Å². The summed E-state index contributed by atoms with van der Waals surface area (Å²) in [5.41, 5.74) is 3.37. The molecule has 3 rings (SSSR count). The Morgan fingerprint density at radius 3 is 2.62 bits per heavy atom. The maximum atomic E-state index is 12.7. The Labute approximate surface area is 173 Å². The van der Waals surface area contributed by atoms with Crippen LogP contribution in [0.2, 0.25) is 0 Å². The predicted octanol–water partition coefficient (Wildman–Crippen LogP) is 3.86. The monoisotopic (exact) mass is 394 g/mol. The van der Waals surface area contributed by atoms with E-state index in [1.54, 1.807) is 6.92 Å². The number of nitrogens with one attached hydrogen (secondary N) is 1. The second-order valence-electron chi connectivity index (χ2n) is 7.42. The van der Waals surface area contributed by atoms with E-state index < -0.39 is 6.10 Å².